The van der Waals surface area contributed by atoms with Gasteiger partial charge in [0.2, 0.25) is 10.0 Å². The van der Waals surface area contributed by atoms with Gasteiger partial charge in [-0.05, 0) is 42.5 Å². The Hall–Kier alpha value is -2.87. The smallest absolute Gasteiger partial charge is 0.257 e. The zero-order chi connectivity index (χ0) is 21.0. The van der Waals surface area contributed by atoms with Gasteiger partial charge in [-0.3, -0.25) is 4.79 Å². The molecule has 1 N–H and O–H groups in total. The molecule has 0 unspecified atom stereocenters. The number of benzene rings is 3. The molecule has 150 valence electrons. The second kappa shape index (κ2) is 8.65. The maximum Gasteiger partial charge on any atom is 0.257 e. The summed E-state index contributed by atoms with van der Waals surface area (Å²) in [5.74, 6) is 0.515. The van der Waals surface area contributed by atoms with E-state index in [1.807, 2.05) is 18.2 Å². The predicted molar refractivity (Wildman–Crippen MR) is 113 cm³/mol. The Morgan fingerprint density at radius 2 is 1.62 bits per heavy atom. The molecule has 3 rings (SSSR count). The summed E-state index contributed by atoms with van der Waals surface area (Å²) in [6.45, 7) is 0. The van der Waals surface area contributed by atoms with Crippen LogP contribution in [0.5, 0.6) is 11.5 Å². The molecule has 3 aromatic carbocycles. The molecule has 0 spiro atoms. The molecule has 0 aliphatic rings. The molecule has 0 aromatic heterocycles. The maximum absolute atomic E-state index is 12.8. The number of halogens is 1. The van der Waals surface area contributed by atoms with E-state index in [9.17, 15) is 13.2 Å². The number of nitrogens with zero attached hydrogens (tertiary/aromatic N) is 1. The van der Waals surface area contributed by atoms with Crippen molar-refractivity contribution in [2.45, 2.75) is 4.90 Å². The zero-order valence-electron chi connectivity index (χ0n) is 15.8. The van der Waals surface area contributed by atoms with Crippen molar-refractivity contribution in [2.75, 3.05) is 19.4 Å². The van der Waals surface area contributed by atoms with E-state index in [1.54, 1.807) is 36.4 Å². The average Bonchev–Trinajstić information content (AvgIpc) is 2.70. The summed E-state index contributed by atoms with van der Waals surface area (Å²) in [6, 6.07) is 20.1. The second-order valence-electron chi connectivity index (χ2n) is 6.29. The van der Waals surface area contributed by atoms with E-state index in [-0.39, 0.29) is 15.5 Å². The van der Waals surface area contributed by atoms with Gasteiger partial charge in [0.1, 0.15) is 5.75 Å². The molecule has 0 bridgehead atoms. The summed E-state index contributed by atoms with van der Waals surface area (Å²) < 4.78 is 31.6. The molecule has 1 amide bonds. The Morgan fingerprint density at radius 3 is 2.31 bits per heavy atom. The molecule has 0 radical (unpaired) electrons. The monoisotopic (exact) mass is 430 g/mol. The Balaban J connectivity index is 1.90. The molecule has 0 fully saturated rings. The zero-order valence-corrected chi connectivity index (χ0v) is 17.4. The molecule has 8 heteroatoms. The van der Waals surface area contributed by atoms with Gasteiger partial charge in [0, 0.05) is 14.1 Å². The Morgan fingerprint density at radius 1 is 0.966 bits per heavy atom. The van der Waals surface area contributed by atoms with E-state index >= 15 is 0 Å². The molecule has 0 aliphatic carbocycles. The largest absolute Gasteiger partial charge is 0.455 e. The van der Waals surface area contributed by atoms with E-state index in [0.717, 1.165) is 4.31 Å². The lowest BCUT2D eigenvalue weighted by molar-refractivity contribution is 0.102. The molecule has 29 heavy (non-hydrogen) atoms. The van der Waals surface area contributed by atoms with Gasteiger partial charge in [-0.2, -0.15) is 0 Å². The van der Waals surface area contributed by atoms with Gasteiger partial charge in [0.25, 0.3) is 5.91 Å². The van der Waals surface area contributed by atoms with Gasteiger partial charge in [-0.25, -0.2) is 12.7 Å². The number of rotatable bonds is 6. The topological polar surface area (TPSA) is 75.7 Å². The van der Waals surface area contributed by atoms with Crippen LogP contribution < -0.4 is 10.1 Å². The van der Waals surface area contributed by atoms with Crippen molar-refractivity contribution in [1.29, 1.82) is 0 Å². The fourth-order valence-electron chi connectivity index (χ4n) is 2.51. The van der Waals surface area contributed by atoms with Gasteiger partial charge in [-0.1, -0.05) is 41.9 Å². The van der Waals surface area contributed by atoms with E-state index in [0.29, 0.717) is 17.2 Å². The van der Waals surface area contributed by atoms with Crippen LogP contribution in [0.15, 0.2) is 77.7 Å². The van der Waals surface area contributed by atoms with Gasteiger partial charge >= 0.3 is 0 Å². The van der Waals surface area contributed by atoms with Crippen LogP contribution in [0.3, 0.4) is 0 Å². The summed E-state index contributed by atoms with van der Waals surface area (Å²) in [5, 5.41) is 2.88. The number of para-hydroxylation sites is 3. The number of carbonyl (C=O) groups is 1. The standard InChI is InChI=1S/C21H19ClN2O4S/c1-24(2)29(26,27)16-12-13-18(22)17(14-16)21(25)23-19-10-6-7-11-20(19)28-15-8-4-3-5-9-15/h3-14H,1-2H3,(H,23,25). The lowest BCUT2D eigenvalue weighted by Gasteiger charge is -2.15. The highest BCUT2D eigenvalue weighted by atomic mass is 35.5. The van der Waals surface area contributed by atoms with Gasteiger partial charge in [0.05, 0.1) is 21.2 Å². The highest BCUT2D eigenvalue weighted by Gasteiger charge is 2.21. The Kier molecular flexibility index (Phi) is 6.22. The number of hydrogen-bond donors (Lipinski definition) is 1. The first kappa shape index (κ1) is 20.9. The summed E-state index contributed by atoms with van der Waals surface area (Å²) in [6.07, 6.45) is 0. The Labute approximate surface area is 174 Å². The summed E-state index contributed by atoms with van der Waals surface area (Å²) in [4.78, 5) is 12.8. The molecule has 0 atom stereocenters. The molecular weight excluding hydrogens is 412 g/mol. The SMILES string of the molecule is CN(C)S(=O)(=O)c1ccc(Cl)c(C(=O)Nc2ccccc2Oc2ccccc2)c1. The number of nitrogens with one attached hydrogen (secondary N) is 1. The van der Waals surface area contributed by atoms with Crippen molar-refractivity contribution in [2.24, 2.45) is 0 Å². The number of amides is 1. The van der Waals surface area contributed by atoms with Gasteiger partial charge < -0.3 is 10.1 Å². The van der Waals surface area contributed by atoms with Crippen LogP contribution in [-0.2, 0) is 10.0 Å². The summed E-state index contributed by atoms with van der Waals surface area (Å²) in [5.41, 5.74) is 0.474. The van der Waals surface area contributed by atoms with Crippen molar-refractivity contribution in [3.05, 3.63) is 83.4 Å². The quantitative estimate of drug-likeness (QED) is 0.618. The molecule has 3 aromatic rings. The average molecular weight is 431 g/mol. The second-order valence-corrected chi connectivity index (χ2v) is 8.85. The van der Waals surface area contributed by atoms with Crippen LogP contribution in [0.2, 0.25) is 5.02 Å². The third-order valence-corrected chi connectivity index (χ3v) is 6.21. The first-order chi connectivity index (χ1) is 13.8. The lowest BCUT2D eigenvalue weighted by atomic mass is 10.2. The first-order valence-electron chi connectivity index (χ1n) is 8.64. The summed E-state index contributed by atoms with van der Waals surface area (Å²) in [7, 11) is -0.866. The number of carbonyl (C=O) groups excluding carboxylic acids is 1. The number of anilines is 1. The molecule has 0 aliphatic heterocycles. The normalized spacial score (nSPS) is 11.3. The fourth-order valence-corrected chi connectivity index (χ4v) is 3.65. The molecule has 0 heterocycles. The molecule has 6 nitrogen and oxygen atoms in total. The van der Waals surface area contributed by atoms with Crippen LogP contribution >= 0.6 is 11.6 Å². The van der Waals surface area contributed by atoms with Crippen molar-refractivity contribution in [1.82, 2.24) is 4.31 Å². The number of ether oxygens (including phenoxy) is 1. The lowest BCUT2D eigenvalue weighted by Crippen LogP contribution is -2.23. The Bertz CT molecular complexity index is 1130. The molecular formula is C21H19ClN2O4S. The minimum Gasteiger partial charge on any atom is -0.455 e. The number of hydrogen-bond acceptors (Lipinski definition) is 4. The van der Waals surface area contributed by atoms with Crippen molar-refractivity contribution >= 4 is 33.2 Å². The molecule has 0 saturated heterocycles. The fraction of sp³-hybridized carbons (Fsp3) is 0.0952. The van der Waals surface area contributed by atoms with Crippen LogP contribution in [-0.4, -0.2) is 32.7 Å². The summed E-state index contributed by atoms with van der Waals surface area (Å²) >= 11 is 6.16. The third-order valence-electron chi connectivity index (χ3n) is 4.07. The highest BCUT2D eigenvalue weighted by Crippen LogP contribution is 2.30. The van der Waals surface area contributed by atoms with Crippen LogP contribution in [0.25, 0.3) is 0 Å². The van der Waals surface area contributed by atoms with Crippen LogP contribution in [0.1, 0.15) is 10.4 Å². The number of sulfonamides is 1. The third kappa shape index (κ3) is 4.76. The van der Waals surface area contributed by atoms with E-state index in [2.05, 4.69) is 5.32 Å². The van der Waals surface area contributed by atoms with E-state index in [4.69, 9.17) is 16.3 Å². The van der Waals surface area contributed by atoms with Crippen LogP contribution in [0, 0.1) is 0 Å². The van der Waals surface area contributed by atoms with Crippen molar-refractivity contribution < 1.29 is 17.9 Å². The predicted octanol–water partition coefficient (Wildman–Crippen LogP) is 4.63. The maximum atomic E-state index is 12.8. The highest BCUT2D eigenvalue weighted by molar-refractivity contribution is 7.89. The van der Waals surface area contributed by atoms with Crippen LogP contribution in [0.4, 0.5) is 5.69 Å². The van der Waals surface area contributed by atoms with Gasteiger partial charge in [-0.15, -0.1) is 0 Å². The van der Waals surface area contributed by atoms with Crippen molar-refractivity contribution in [3.63, 3.8) is 0 Å². The minimum atomic E-state index is -3.70. The van der Waals surface area contributed by atoms with Gasteiger partial charge in [0.15, 0.2) is 5.75 Å². The van der Waals surface area contributed by atoms with E-state index < -0.39 is 15.9 Å². The van der Waals surface area contributed by atoms with E-state index in [1.165, 1.54) is 32.3 Å². The van der Waals surface area contributed by atoms with Crippen molar-refractivity contribution in [3.8, 4) is 11.5 Å². The minimum absolute atomic E-state index is 0.0223. The molecule has 0 saturated carbocycles. The first-order valence-corrected chi connectivity index (χ1v) is 10.5.